The monoisotopic (exact) mass is 446 g/mol. The number of anilines is 2. The summed E-state index contributed by atoms with van der Waals surface area (Å²) < 4.78 is 0. The van der Waals surface area contributed by atoms with E-state index in [1.807, 2.05) is 80.6 Å². The lowest BCUT2D eigenvalue weighted by Gasteiger charge is -2.18. The van der Waals surface area contributed by atoms with Gasteiger partial charge in [-0.25, -0.2) is 0 Å². The van der Waals surface area contributed by atoms with Crippen LogP contribution in [0.4, 0.5) is 11.4 Å². The van der Waals surface area contributed by atoms with E-state index >= 15 is 0 Å². The normalized spacial score (nSPS) is 11.6. The molecule has 0 aliphatic rings. The number of thioether (sulfide) groups is 1. The van der Waals surface area contributed by atoms with Gasteiger partial charge < -0.3 is 10.6 Å². The summed E-state index contributed by atoms with van der Waals surface area (Å²) in [5.74, 6) is -0.0367. The summed E-state index contributed by atoms with van der Waals surface area (Å²) in [5, 5.41) is 5.61. The molecule has 0 aliphatic carbocycles. The molecule has 2 amide bonds. The van der Waals surface area contributed by atoms with Crippen molar-refractivity contribution < 1.29 is 9.59 Å². The Labute approximate surface area is 194 Å². The molecule has 0 spiro atoms. The van der Waals surface area contributed by atoms with E-state index in [2.05, 4.69) is 23.6 Å². The smallest absolute Gasteiger partial charge is 0.242 e. The highest BCUT2D eigenvalue weighted by Crippen LogP contribution is 2.36. The molecular formula is C27H30N2O2S. The topological polar surface area (TPSA) is 58.2 Å². The number of unbranched alkanes of at least 4 members (excludes halogenated alkanes) is 1. The first-order chi connectivity index (χ1) is 15.4. The van der Waals surface area contributed by atoms with Crippen LogP contribution in [0, 0.1) is 13.8 Å². The minimum absolute atomic E-state index is 0.0299. The van der Waals surface area contributed by atoms with Crippen LogP contribution in [0.15, 0.2) is 77.7 Å². The van der Waals surface area contributed by atoms with E-state index in [1.165, 1.54) is 11.8 Å². The Morgan fingerprint density at radius 3 is 2.12 bits per heavy atom. The van der Waals surface area contributed by atoms with E-state index in [9.17, 15) is 9.59 Å². The van der Waals surface area contributed by atoms with E-state index in [0.717, 1.165) is 45.8 Å². The molecule has 0 radical (unpaired) electrons. The molecule has 2 N–H and O–H groups in total. The maximum absolute atomic E-state index is 13.3. The molecular weight excluding hydrogens is 416 g/mol. The molecule has 0 fully saturated rings. The number of rotatable bonds is 9. The highest BCUT2D eigenvalue weighted by molar-refractivity contribution is 8.00. The molecule has 1 atom stereocenters. The van der Waals surface area contributed by atoms with Crippen molar-refractivity contribution in [3.8, 4) is 0 Å². The van der Waals surface area contributed by atoms with Crippen molar-refractivity contribution in [1.29, 1.82) is 0 Å². The average molecular weight is 447 g/mol. The van der Waals surface area contributed by atoms with Crippen molar-refractivity contribution >= 4 is 35.0 Å². The Bertz CT molecular complexity index is 1030. The number of aryl methyl sites for hydroxylation is 2. The van der Waals surface area contributed by atoms with Gasteiger partial charge in [0.15, 0.2) is 0 Å². The molecule has 0 aliphatic heterocycles. The first-order valence-electron chi connectivity index (χ1n) is 11.0. The van der Waals surface area contributed by atoms with Gasteiger partial charge in [-0.1, -0.05) is 49.7 Å². The molecule has 1 unspecified atom stereocenters. The molecule has 0 saturated heterocycles. The minimum Gasteiger partial charge on any atom is -0.326 e. The van der Waals surface area contributed by atoms with Crippen LogP contribution in [0.25, 0.3) is 0 Å². The Morgan fingerprint density at radius 1 is 0.844 bits per heavy atom. The van der Waals surface area contributed by atoms with Crippen LogP contribution in [0.1, 0.15) is 48.1 Å². The van der Waals surface area contributed by atoms with Crippen LogP contribution in [0.5, 0.6) is 0 Å². The summed E-state index contributed by atoms with van der Waals surface area (Å²) in [6.45, 7) is 6.11. The van der Waals surface area contributed by atoms with E-state index < -0.39 is 5.25 Å². The molecule has 4 nitrogen and oxygen atoms in total. The maximum Gasteiger partial charge on any atom is 0.242 e. The molecule has 0 saturated carbocycles. The Hall–Kier alpha value is -3.05. The fourth-order valence-electron chi connectivity index (χ4n) is 3.47. The molecule has 0 heterocycles. The summed E-state index contributed by atoms with van der Waals surface area (Å²) in [5.41, 5.74) is 4.74. The van der Waals surface area contributed by atoms with Gasteiger partial charge in [-0.15, -0.1) is 11.8 Å². The fourth-order valence-corrected chi connectivity index (χ4v) is 4.49. The lowest BCUT2D eigenvalue weighted by atomic mass is 10.1. The van der Waals surface area contributed by atoms with E-state index in [1.54, 1.807) is 0 Å². The lowest BCUT2D eigenvalue weighted by Crippen LogP contribution is -2.19. The third kappa shape index (κ3) is 6.99. The first kappa shape index (κ1) is 23.6. The van der Waals surface area contributed by atoms with Gasteiger partial charge in [-0.3, -0.25) is 9.59 Å². The number of carbonyl (C=O) groups excluding carboxylic acids is 2. The number of carbonyl (C=O) groups is 2. The van der Waals surface area contributed by atoms with Crippen LogP contribution in [0.3, 0.4) is 0 Å². The highest BCUT2D eigenvalue weighted by Gasteiger charge is 2.22. The minimum atomic E-state index is -0.401. The maximum atomic E-state index is 13.3. The Morgan fingerprint density at radius 2 is 1.50 bits per heavy atom. The molecule has 5 heteroatoms. The van der Waals surface area contributed by atoms with Gasteiger partial charge in [0, 0.05) is 22.7 Å². The van der Waals surface area contributed by atoms with Crippen molar-refractivity contribution in [3.63, 3.8) is 0 Å². The molecule has 32 heavy (non-hydrogen) atoms. The zero-order valence-electron chi connectivity index (χ0n) is 18.9. The number of hydrogen-bond donors (Lipinski definition) is 2. The summed E-state index contributed by atoms with van der Waals surface area (Å²) in [4.78, 5) is 26.2. The SMILES string of the molecule is CCCCC(=O)Nc1ccc(SC(C(=O)Nc2cc(C)cc(C)c2)c2ccccc2)cc1. The number of benzene rings is 3. The van der Waals surface area contributed by atoms with Crippen molar-refractivity contribution in [1.82, 2.24) is 0 Å². The first-order valence-corrected chi connectivity index (χ1v) is 11.8. The standard InChI is InChI=1S/C27H30N2O2S/c1-4-5-11-25(30)28-22-12-14-24(15-13-22)32-26(21-9-7-6-8-10-21)27(31)29-23-17-19(2)16-20(3)18-23/h6-10,12-18,26H,4-5,11H2,1-3H3,(H,28,30)(H,29,31). The molecule has 166 valence electrons. The number of nitrogens with one attached hydrogen (secondary N) is 2. The summed E-state index contributed by atoms with van der Waals surface area (Å²) in [6, 6.07) is 23.5. The second-order valence-corrected chi connectivity index (χ2v) is 9.13. The van der Waals surface area contributed by atoms with E-state index in [0.29, 0.717) is 6.42 Å². The zero-order chi connectivity index (χ0) is 22.9. The van der Waals surface area contributed by atoms with Crippen LogP contribution in [-0.4, -0.2) is 11.8 Å². The molecule has 3 aromatic carbocycles. The van der Waals surface area contributed by atoms with Crippen molar-refractivity contribution in [3.05, 3.63) is 89.5 Å². The third-order valence-corrected chi connectivity index (χ3v) is 6.25. The highest BCUT2D eigenvalue weighted by atomic mass is 32.2. The van der Waals surface area contributed by atoms with Crippen LogP contribution in [-0.2, 0) is 9.59 Å². The number of hydrogen-bond acceptors (Lipinski definition) is 3. The van der Waals surface area contributed by atoms with Gasteiger partial charge in [-0.2, -0.15) is 0 Å². The summed E-state index contributed by atoms with van der Waals surface area (Å²) >= 11 is 1.49. The molecule has 0 aromatic heterocycles. The second kappa shape index (κ2) is 11.5. The van der Waals surface area contributed by atoms with Crippen molar-refractivity contribution in [2.75, 3.05) is 10.6 Å². The van der Waals surface area contributed by atoms with Gasteiger partial charge in [0.05, 0.1) is 0 Å². The summed E-state index contributed by atoms with van der Waals surface area (Å²) in [7, 11) is 0. The van der Waals surface area contributed by atoms with Gasteiger partial charge in [-0.05, 0) is 73.4 Å². The second-order valence-electron chi connectivity index (χ2n) is 7.95. The third-order valence-electron chi connectivity index (χ3n) is 4.98. The number of amides is 2. The Balaban J connectivity index is 1.75. The summed E-state index contributed by atoms with van der Waals surface area (Å²) in [6.07, 6.45) is 2.41. The van der Waals surface area contributed by atoms with Gasteiger partial charge in [0.2, 0.25) is 11.8 Å². The molecule has 3 aromatic rings. The van der Waals surface area contributed by atoms with Crippen molar-refractivity contribution in [2.45, 2.75) is 50.2 Å². The predicted octanol–water partition coefficient (Wildman–Crippen LogP) is 6.90. The van der Waals surface area contributed by atoms with E-state index in [4.69, 9.17) is 0 Å². The Kier molecular flexibility index (Phi) is 8.51. The van der Waals surface area contributed by atoms with Crippen LogP contribution >= 0.6 is 11.8 Å². The van der Waals surface area contributed by atoms with Gasteiger partial charge in [0.25, 0.3) is 0 Å². The average Bonchev–Trinajstić information content (AvgIpc) is 2.77. The zero-order valence-corrected chi connectivity index (χ0v) is 19.7. The predicted molar refractivity (Wildman–Crippen MR) is 134 cm³/mol. The molecule has 0 bridgehead atoms. The fraction of sp³-hybridized carbons (Fsp3) is 0.259. The van der Waals surface area contributed by atoms with Gasteiger partial charge in [0.1, 0.15) is 5.25 Å². The molecule has 3 rings (SSSR count). The van der Waals surface area contributed by atoms with Crippen molar-refractivity contribution in [2.24, 2.45) is 0 Å². The van der Waals surface area contributed by atoms with Crippen LogP contribution < -0.4 is 10.6 Å². The van der Waals surface area contributed by atoms with Crippen LogP contribution in [0.2, 0.25) is 0 Å². The van der Waals surface area contributed by atoms with E-state index in [-0.39, 0.29) is 11.8 Å². The lowest BCUT2D eigenvalue weighted by molar-refractivity contribution is -0.116. The van der Waals surface area contributed by atoms with Gasteiger partial charge >= 0.3 is 0 Å². The quantitative estimate of drug-likeness (QED) is 0.351. The largest absolute Gasteiger partial charge is 0.326 e.